The summed E-state index contributed by atoms with van der Waals surface area (Å²) in [4.78, 5) is 13.7. The van der Waals surface area contributed by atoms with Crippen molar-refractivity contribution >= 4 is 27.4 Å². The van der Waals surface area contributed by atoms with E-state index in [1.807, 2.05) is 62.1 Å². The van der Waals surface area contributed by atoms with Crippen molar-refractivity contribution in [2.24, 2.45) is 0 Å². The molecule has 0 amide bonds. The summed E-state index contributed by atoms with van der Waals surface area (Å²) < 4.78 is 28.9. The molecule has 0 fully saturated rings. The third-order valence-corrected chi connectivity index (χ3v) is 6.28. The van der Waals surface area contributed by atoms with Gasteiger partial charge in [-0.05, 0) is 67.8 Å². The van der Waals surface area contributed by atoms with E-state index in [1.54, 1.807) is 18.2 Å². The molecule has 0 aliphatic rings. The van der Waals surface area contributed by atoms with E-state index in [0.717, 1.165) is 16.7 Å². The van der Waals surface area contributed by atoms with Gasteiger partial charge in [-0.2, -0.15) is 0 Å². The highest BCUT2D eigenvalue weighted by Gasteiger charge is 2.20. The fourth-order valence-corrected chi connectivity index (χ4v) is 4.74. The molecular formula is C24H26N2O4S. The van der Waals surface area contributed by atoms with Gasteiger partial charge < -0.3 is 10.0 Å². The smallest absolute Gasteiger partial charge is 0.335 e. The Morgan fingerprint density at radius 2 is 1.61 bits per heavy atom. The number of rotatable bonds is 8. The number of anilines is 2. The molecule has 3 aromatic carbocycles. The van der Waals surface area contributed by atoms with Crippen molar-refractivity contribution < 1.29 is 18.3 Å². The van der Waals surface area contributed by atoms with Crippen LogP contribution in [0, 0.1) is 13.8 Å². The first kappa shape index (κ1) is 22.4. The molecular weight excluding hydrogens is 412 g/mol. The summed E-state index contributed by atoms with van der Waals surface area (Å²) in [6.07, 6.45) is 0. The van der Waals surface area contributed by atoms with E-state index in [2.05, 4.69) is 4.72 Å². The van der Waals surface area contributed by atoms with E-state index in [4.69, 9.17) is 0 Å². The average Bonchev–Trinajstić information content (AvgIpc) is 2.72. The van der Waals surface area contributed by atoms with Crippen LogP contribution in [0.5, 0.6) is 0 Å². The number of sulfonamides is 1. The van der Waals surface area contributed by atoms with E-state index in [1.165, 1.54) is 12.1 Å². The summed E-state index contributed by atoms with van der Waals surface area (Å²) in [7, 11) is -3.91. The predicted molar refractivity (Wildman–Crippen MR) is 123 cm³/mol. The van der Waals surface area contributed by atoms with Crippen molar-refractivity contribution in [3.8, 4) is 0 Å². The van der Waals surface area contributed by atoms with Gasteiger partial charge in [-0.3, -0.25) is 4.72 Å². The Morgan fingerprint density at radius 3 is 2.19 bits per heavy atom. The van der Waals surface area contributed by atoms with Crippen LogP contribution in [0.25, 0.3) is 0 Å². The monoisotopic (exact) mass is 438 g/mol. The molecule has 162 valence electrons. The molecule has 0 saturated heterocycles. The standard InChI is InChI=1S/C24H26N2O4S/c1-4-26(16-19-8-6-5-7-9-19)23-11-10-20(24(27)28)15-22(23)25-31(29,30)21-13-17(2)12-18(3)14-21/h5-15,25H,4,16H2,1-3H3,(H,27,28). The van der Waals surface area contributed by atoms with E-state index in [9.17, 15) is 18.3 Å². The molecule has 2 N–H and O–H groups in total. The molecule has 0 bridgehead atoms. The van der Waals surface area contributed by atoms with Crippen LogP contribution in [0.15, 0.2) is 71.6 Å². The molecule has 0 aromatic heterocycles. The lowest BCUT2D eigenvalue weighted by Gasteiger charge is -2.26. The number of hydrogen-bond donors (Lipinski definition) is 2. The molecule has 31 heavy (non-hydrogen) atoms. The van der Waals surface area contributed by atoms with Crippen LogP contribution in [-0.2, 0) is 16.6 Å². The van der Waals surface area contributed by atoms with Crippen molar-refractivity contribution in [2.45, 2.75) is 32.2 Å². The predicted octanol–water partition coefficient (Wildman–Crippen LogP) is 4.83. The highest BCUT2D eigenvalue weighted by atomic mass is 32.2. The highest BCUT2D eigenvalue weighted by Crippen LogP contribution is 2.31. The van der Waals surface area contributed by atoms with Gasteiger partial charge in [0.05, 0.1) is 21.8 Å². The number of carbonyl (C=O) groups is 1. The molecule has 3 aromatic rings. The Morgan fingerprint density at radius 1 is 0.968 bits per heavy atom. The Labute approximate surface area is 183 Å². The lowest BCUT2D eigenvalue weighted by atomic mass is 10.1. The normalized spacial score (nSPS) is 11.2. The highest BCUT2D eigenvalue weighted by molar-refractivity contribution is 7.92. The van der Waals surface area contributed by atoms with Gasteiger partial charge in [-0.1, -0.05) is 36.4 Å². The van der Waals surface area contributed by atoms with Crippen molar-refractivity contribution in [3.05, 3.63) is 89.0 Å². The number of carboxylic acids is 1. The van der Waals surface area contributed by atoms with Crippen molar-refractivity contribution in [1.82, 2.24) is 0 Å². The second-order valence-corrected chi connectivity index (χ2v) is 9.15. The van der Waals surface area contributed by atoms with Crippen molar-refractivity contribution in [3.63, 3.8) is 0 Å². The lowest BCUT2D eigenvalue weighted by Crippen LogP contribution is -2.24. The van der Waals surface area contributed by atoms with Gasteiger partial charge >= 0.3 is 5.97 Å². The molecule has 0 aliphatic carbocycles. The first-order valence-electron chi connectivity index (χ1n) is 9.97. The first-order chi connectivity index (χ1) is 14.7. The number of nitrogens with one attached hydrogen (secondary N) is 1. The topological polar surface area (TPSA) is 86.7 Å². The SMILES string of the molecule is CCN(Cc1ccccc1)c1ccc(C(=O)O)cc1NS(=O)(=O)c1cc(C)cc(C)c1. The molecule has 0 saturated carbocycles. The molecule has 0 unspecified atom stereocenters. The first-order valence-corrected chi connectivity index (χ1v) is 11.4. The lowest BCUT2D eigenvalue weighted by molar-refractivity contribution is 0.0697. The summed E-state index contributed by atoms with van der Waals surface area (Å²) >= 11 is 0. The Hall–Kier alpha value is -3.32. The summed E-state index contributed by atoms with van der Waals surface area (Å²) in [6, 6.07) is 19.4. The molecule has 0 radical (unpaired) electrons. The third-order valence-electron chi connectivity index (χ3n) is 4.93. The van der Waals surface area contributed by atoms with Gasteiger partial charge in [0.25, 0.3) is 10.0 Å². The van der Waals surface area contributed by atoms with Gasteiger partial charge in [-0.25, -0.2) is 13.2 Å². The van der Waals surface area contributed by atoms with Gasteiger partial charge in [0.15, 0.2) is 0 Å². The zero-order valence-electron chi connectivity index (χ0n) is 17.8. The minimum absolute atomic E-state index is 0.0117. The maximum Gasteiger partial charge on any atom is 0.335 e. The van der Waals surface area contributed by atoms with Gasteiger partial charge in [0, 0.05) is 13.1 Å². The largest absolute Gasteiger partial charge is 0.478 e. The average molecular weight is 439 g/mol. The Bertz CT molecular complexity index is 1170. The Balaban J connectivity index is 2.04. The van der Waals surface area contributed by atoms with Gasteiger partial charge in [0.1, 0.15) is 0 Å². The molecule has 3 rings (SSSR count). The number of nitrogens with zero attached hydrogens (tertiary/aromatic N) is 1. The maximum absolute atomic E-state index is 13.1. The zero-order chi connectivity index (χ0) is 22.6. The summed E-state index contributed by atoms with van der Waals surface area (Å²) in [5.41, 5.74) is 3.59. The van der Waals surface area contributed by atoms with Crippen LogP contribution >= 0.6 is 0 Å². The second-order valence-electron chi connectivity index (χ2n) is 7.47. The van der Waals surface area contributed by atoms with Gasteiger partial charge in [-0.15, -0.1) is 0 Å². The van der Waals surface area contributed by atoms with Crippen LogP contribution in [0.4, 0.5) is 11.4 Å². The van der Waals surface area contributed by atoms with E-state index >= 15 is 0 Å². The number of carboxylic acid groups (broad SMARTS) is 1. The van der Waals surface area contributed by atoms with Crippen LogP contribution in [0.1, 0.15) is 34.0 Å². The van der Waals surface area contributed by atoms with E-state index in [-0.39, 0.29) is 16.1 Å². The van der Waals surface area contributed by atoms with Crippen LogP contribution < -0.4 is 9.62 Å². The fourth-order valence-electron chi connectivity index (χ4n) is 3.49. The third kappa shape index (κ3) is 5.44. The molecule has 0 spiro atoms. The number of benzene rings is 3. The van der Waals surface area contributed by atoms with Crippen LogP contribution in [0.3, 0.4) is 0 Å². The number of aryl methyl sites for hydroxylation is 2. The minimum Gasteiger partial charge on any atom is -0.478 e. The van der Waals surface area contributed by atoms with Crippen molar-refractivity contribution in [2.75, 3.05) is 16.2 Å². The molecule has 7 heteroatoms. The molecule has 0 atom stereocenters. The fraction of sp³-hybridized carbons (Fsp3) is 0.208. The van der Waals surface area contributed by atoms with E-state index < -0.39 is 16.0 Å². The summed E-state index contributed by atoms with van der Waals surface area (Å²) in [5.74, 6) is -1.12. The number of hydrogen-bond acceptors (Lipinski definition) is 4. The van der Waals surface area contributed by atoms with E-state index in [0.29, 0.717) is 18.8 Å². The molecule has 6 nitrogen and oxygen atoms in total. The number of aromatic carboxylic acids is 1. The summed E-state index contributed by atoms with van der Waals surface area (Å²) in [5, 5.41) is 9.43. The van der Waals surface area contributed by atoms with Crippen LogP contribution in [0.2, 0.25) is 0 Å². The second kappa shape index (κ2) is 9.22. The zero-order valence-corrected chi connectivity index (χ0v) is 18.6. The minimum atomic E-state index is -3.91. The summed E-state index contributed by atoms with van der Waals surface area (Å²) in [6.45, 7) is 6.81. The molecule has 0 heterocycles. The maximum atomic E-state index is 13.1. The quantitative estimate of drug-likeness (QED) is 0.526. The van der Waals surface area contributed by atoms with Crippen molar-refractivity contribution in [1.29, 1.82) is 0 Å². The molecule has 0 aliphatic heterocycles. The van der Waals surface area contributed by atoms with Gasteiger partial charge in [0.2, 0.25) is 0 Å². The Kier molecular flexibility index (Phi) is 6.65. The van der Waals surface area contributed by atoms with Crippen LogP contribution in [-0.4, -0.2) is 26.0 Å².